The first-order valence-corrected chi connectivity index (χ1v) is 12.6. The lowest BCUT2D eigenvalue weighted by atomic mass is 10.1. The Morgan fingerprint density at radius 1 is 0.707 bits per heavy atom. The molecule has 1 aliphatic heterocycles. The van der Waals surface area contributed by atoms with Crippen molar-refractivity contribution in [3.05, 3.63) is 94.5 Å². The van der Waals surface area contributed by atoms with Crippen LogP contribution in [0.25, 0.3) is 0 Å². The number of benzene rings is 3. The SMILES string of the molecule is Cc1ccc(NC(=O)COC(=O)c2ccc3c(c2)C(=O)N([C@@H](C)C(=O)OCC(=O)Nc2ccc(C)cc2)C3=O)cc1. The number of fused-ring (bicyclic) bond motifs is 1. The Morgan fingerprint density at radius 2 is 1.20 bits per heavy atom. The van der Waals surface area contributed by atoms with Crippen molar-refractivity contribution in [2.75, 3.05) is 23.8 Å². The lowest BCUT2D eigenvalue weighted by Gasteiger charge is -2.20. The molecule has 0 fully saturated rings. The number of imide groups is 1. The van der Waals surface area contributed by atoms with Crippen molar-refractivity contribution in [1.29, 1.82) is 0 Å². The van der Waals surface area contributed by atoms with Crippen LogP contribution in [0.5, 0.6) is 0 Å². The van der Waals surface area contributed by atoms with E-state index >= 15 is 0 Å². The number of anilines is 2. The molecule has 4 rings (SSSR count). The third-order valence-corrected chi connectivity index (χ3v) is 6.23. The molecule has 11 heteroatoms. The molecule has 3 aromatic rings. The molecule has 0 saturated heterocycles. The predicted molar refractivity (Wildman–Crippen MR) is 147 cm³/mol. The highest BCUT2D eigenvalue weighted by Gasteiger charge is 2.42. The van der Waals surface area contributed by atoms with Gasteiger partial charge in [-0.05, 0) is 63.2 Å². The molecular formula is C30H27N3O8. The largest absolute Gasteiger partial charge is 0.454 e. The summed E-state index contributed by atoms with van der Waals surface area (Å²) in [6.45, 7) is 3.91. The number of nitrogens with zero attached hydrogens (tertiary/aromatic N) is 1. The van der Waals surface area contributed by atoms with Gasteiger partial charge in [-0.1, -0.05) is 35.4 Å². The topological polar surface area (TPSA) is 148 Å². The molecule has 1 heterocycles. The standard InChI is InChI=1S/C30H27N3O8/c1-17-4-9-21(10-5-17)31-25(34)15-40-29(38)19(3)33-27(36)23-13-8-20(14-24(23)28(33)37)30(39)41-16-26(35)32-22-11-6-18(2)7-12-22/h4-14,19H,15-16H2,1-3H3,(H,31,34)(H,32,35)/t19-/m0/s1. The minimum atomic E-state index is -1.34. The van der Waals surface area contributed by atoms with Crippen molar-refractivity contribution >= 4 is 46.9 Å². The fraction of sp³-hybridized carbons (Fsp3) is 0.200. The highest BCUT2D eigenvalue weighted by molar-refractivity contribution is 6.23. The van der Waals surface area contributed by atoms with Crippen molar-refractivity contribution in [2.24, 2.45) is 0 Å². The van der Waals surface area contributed by atoms with E-state index in [0.717, 1.165) is 11.1 Å². The van der Waals surface area contributed by atoms with Gasteiger partial charge in [0.25, 0.3) is 23.6 Å². The van der Waals surface area contributed by atoms with Gasteiger partial charge in [0, 0.05) is 11.4 Å². The maximum absolute atomic E-state index is 13.0. The van der Waals surface area contributed by atoms with Crippen molar-refractivity contribution in [3.63, 3.8) is 0 Å². The average molecular weight is 558 g/mol. The molecule has 0 unspecified atom stereocenters. The molecule has 4 amide bonds. The van der Waals surface area contributed by atoms with Gasteiger partial charge in [-0.3, -0.25) is 24.1 Å². The second-order valence-electron chi connectivity index (χ2n) is 9.43. The Bertz CT molecular complexity index is 1530. The van der Waals surface area contributed by atoms with Gasteiger partial charge >= 0.3 is 11.9 Å². The van der Waals surface area contributed by atoms with Gasteiger partial charge in [0.15, 0.2) is 13.2 Å². The fourth-order valence-corrected chi connectivity index (χ4v) is 3.98. The predicted octanol–water partition coefficient (Wildman–Crippen LogP) is 3.27. The Hall–Kier alpha value is -5.32. The number of rotatable bonds is 9. The van der Waals surface area contributed by atoms with Crippen LogP contribution in [0.1, 0.15) is 49.1 Å². The van der Waals surface area contributed by atoms with E-state index in [4.69, 9.17) is 9.47 Å². The van der Waals surface area contributed by atoms with Crippen LogP contribution in [0, 0.1) is 13.8 Å². The monoisotopic (exact) mass is 557 g/mol. The summed E-state index contributed by atoms with van der Waals surface area (Å²) in [6, 6.07) is 16.4. The molecule has 3 aromatic carbocycles. The van der Waals surface area contributed by atoms with E-state index in [1.165, 1.54) is 25.1 Å². The zero-order chi connectivity index (χ0) is 29.7. The van der Waals surface area contributed by atoms with Crippen molar-refractivity contribution in [3.8, 4) is 0 Å². The fourth-order valence-electron chi connectivity index (χ4n) is 3.98. The molecule has 0 bridgehead atoms. The molecule has 1 atom stereocenters. The average Bonchev–Trinajstić information content (AvgIpc) is 3.21. The van der Waals surface area contributed by atoms with Crippen LogP contribution >= 0.6 is 0 Å². The van der Waals surface area contributed by atoms with E-state index in [-0.39, 0.29) is 16.7 Å². The molecule has 0 saturated carbocycles. The number of hydrogen-bond acceptors (Lipinski definition) is 8. The van der Waals surface area contributed by atoms with Crippen molar-refractivity contribution in [2.45, 2.75) is 26.8 Å². The van der Waals surface area contributed by atoms with E-state index in [9.17, 15) is 28.8 Å². The van der Waals surface area contributed by atoms with E-state index in [2.05, 4.69) is 10.6 Å². The summed E-state index contributed by atoms with van der Waals surface area (Å²) < 4.78 is 10.1. The quantitative estimate of drug-likeness (QED) is 0.301. The molecule has 210 valence electrons. The molecule has 1 aliphatic rings. The molecule has 0 aliphatic carbocycles. The molecule has 0 spiro atoms. The zero-order valence-corrected chi connectivity index (χ0v) is 22.6. The molecule has 0 radical (unpaired) electrons. The molecule has 2 N–H and O–H groups in total. The second kappa shape index (κ2) is 12.2. The molecule has 11 nitrogen and oxygen atoms in total. The minimum absolute atomic E-state index is 0.0135. The summed E-state index contributed by atoms with van der Waals surface area (Å²) in [6.07, 6.45) is 0. The van der Waals surface area contributed by atoms with Gasteiger partial charge in [-0.2, -0.15) is 0 Å². The molecular weight excluding hydrogens is 530 g/mol. The lowest BCUT2D eigenvalue weighted by Crippen LogP contribution is -2.44. The number of ether oxygens (including phenoxy) is 2. The van der Waals surface area contributed by atoms with Gasteiger partial charge in [-0.25, -0.2) is 9.59 Å². The summed E-state index contributed by atoms with van der Waals surface area (Å²) in [5.74, 6) is -4.55. The van der Waals surface area contributed by atoms with Gasteiger partial charge in [0.2, 0.25) is 0 Å². The summed E-state index contributed by atoms with van der Waals surface area (Å²) in [7, 11) is 0. The van der Waals surface area contributed by atoms with Crippen LogP contribution in [0.15, 0.2) is 66.7 Å². The van der Waals surface area contributed by atoms with E-state index in [0.29, 0.717) is 16.3 Å². The van der Waals surface area contributed by atoms with Gasteiger partial charge in [0.05, 0.1) is 16.7 Å². The smallest absolute Gasteiger partial charge is 0.338 e. The Morgan fingerprint density at radius 3 is 1.73 bits per heavy atom. The minimum Gasteiger partial charge on any atom is -0.454 e. The van der Waals surface area contributed by atoms with Gasteiger partial charge < -0.3 is 20.1 Å². The van der Waals surface area contributed by atoms with E-state index in [1.54, 1.807) is 36.4 Å². The number of carbonyl (C=O) groups excluding carboxylic acids is 6. The van der Waals surface area contributed by atoms with E-state index < -0.39 is 54.8 Å². The third-order valence-electron chi connectivity index (χ3n) is 6.23. The van der Waals surface area contributed by atoms with Crippen LogP contribution in [0.3, 0.4) is 0 Å². The third kappa shape index (κ3) is 6.82. The zero-order valence-electron chi connectivity index (χ0n) is 22.6. The van der Waals surface area contributed by atoms with Crippen LogP contribution in [-0.2, 0) is 23.9 Å². The first kappa shape index (κ1) is 28.7. The van der Waals surface area contributed by atoms with Gasteiger partial charge in [-0.15, -0.1) is 0 Å². The van der Waals surface area contributed by atoms with Crippen LogP contribution < -0.4 is 10.6 Å². The first-order chi connectivity index (χ1) is 19.5. The highest BCUT2D eigenvalue weighted by Crippen LogP contribution is 2.26. The summed E-state index contributed by atoms with van der Waals surface area (Å²) in [5, 5.41) is 5.18. The summed E-state index contributed by atoms with van der Waals surface area (Å²) >= 11 is 0. The number of hydrogen-bond donors (Lipinski definition) is 2. The normalized spacial score (nSPS) is 12.8. The van der Waals surface area contributed by atoms with Crippen LogP contribution in [0.4, 0.5) is 11.4 Å². The van der Waals surface area contributed by atoms with Crippen molar-refractivity contribution < 1.29 is 38.2 Å². The van der Waals surface area contributed by atoms with Crippen molar-refractivity contribution in [1.82, 2.24) is 4.90 Å². The number of amides is 4. The van der Waals surface area contributed by atoms with Crippen LogP contribution in [-0.4, -0.2) is 59.7 Å². The number of esters is 2. The lowest BCUT2D eigenvalue weighted by molar-refractivity contribution is -0.150. The Labute approximate surface area is 235 Å². The maximum Gasteiger partial charge on any atom is 0.338 e. The number of nitrogens with one attached hydrogen (secondary N) is 2. The molecule has 41 heavy (non-hydrogen) atoms. The number of carbonyl (C=O) groups is 6. The Kier molecular flexibility index (Phi) is 8.57. The second-order valence-corrected chi connectivity index (χ2v) is 9.43. The first-order valence-electron chi connectivity index (χ1n) is 12.6. The highest BCUT2D eigenvalue weighted by atomic mass is 16.5. The molecule has 0 aromatic heterocycles. The number of aryl methyl sites for hydroxylation is 2. The summed E-state index contributed by atoms with van der Waals surface area (Å²) in [4.78, 5) is 76.0. The summed E-state index contributed by atoms with van der Waals surface area (Å²) in [5.41, 5.74) is 2.91. The van der Waals surface area contributed by atoms with Crippen LogP contribution in [0.2, 0.25) is 0 Å². The Balaban J connectivity index is 1.33. The van der Waals surface area contributed by atoms with E-state index in [1.807, 2.05) is 26.0 Å². The van der Waals surface area contributed by atoms with Gasteiger partial charge in [0.1, 0.15) is 6.04 Å². The maximum atomic E-state index is 13.0.